The van der Waals surface area contributed by atoms with Crippen molar-refractivity contribution in [3.05, 3.63) is 16.6 Å². The van der Waals surface area contributed by atoms with E-state index in [1.54, 1.807) is 11.3 Å². The first-order valence-electron chi connectivity index (χ1n) is 4.96. The molecule has 1 N–H and O–H groups in total. The molecular weight excluding hydrogens is 180 g/mol. The predicted molar refractivity (Wildman–Crippen MR) is 55.9 cm³/mol. The molecule has 72 valence electrons. The lowest BCUT2D eigenvalue weighted by molar-refractivity contribution is 0.537. The normalized spacial score (nSPS) is 28.8. The highest BCUT2D eigenvalue weighted by Crippen LogP contribution is 2.35. The summed E-state index contributed by atoms with van der Waals surface area (Å²) in [6.45, 7) is 4.46. The van der Waals surface area contributed by atoms with E-state index in [0.29, 0.717) is 6.04 Å². The van der Waals surface area contributed by atoms with E-state index < -0.39 is 0 Å². The molecule has 0 saturated heterocycles. The monoisotopic (exact) mass is 196 g/mol. The Morgan fingerprint density at radius 3 is 3.15 bits per heavy atom. The number of nitrogens with one attached hydrogen (secondary N) is 1. The lowest BCUT2D eigenvalue weighted by Crippen LogP contribution is -2.22. The summed E-state index contributed by atoms with van der Waals surface area (Å²) in [6, 6.07) is 1.19. The largest absolute Gasteiger partial charge is 0.305 e. The molecule has 2 nitrogen and oxygen atoms in total. The second-order valence-corrected chi connectivity index (χ2v) is 4.70. The first-order valence-corrected chi connectivity index (χ1v) is 5.84. The highest BCUT2D eigenvalue weighted by Gasteiger charge is 2.36. The summed E-state index contributed by atoms with van der Waals surface area (Å²) in [4.78, 5) is 4.30. The minimum atomic E-state index is 0.432. The van der Waals surface area contributed by atoms with Crippen LogP contribution in [0, 0.1) is 5.92 Å². The van der Waals surface area contributed by atoms with Crippen LogP contribution >= 0.6 is 11.3 Å². The SMILES string of the molecule is CCC1CC1NC(C)c1nccs1. The average Bonchev–Trinajstić information content (AvgIpc) is 2.68. The Labute approximate surface area is 83.4 Å². The standard InChI is InChI=1S/C10H16N2S/c1-3-8-6-9(8)12-7(2)10-11-4-5-13-10/h4-5,7-9,12H,3,6H2,1-2H3. The molecule has 1 heterocycles. The molecule has 0 radical (unpaired) electrons. The summed E-state index contributed by atoms with van der Waals surface area (Å²) < 4.78 is 0. The topological polar surface area (TPSA) is 24.9 Å². The van der Waals surface area contributed by atoms with Gasteiger partial charge in [-0.3, -0.25) is 0 Å². The Hall–Kier alpha value is -0.410. The van der Waals surface area contributed by atoms with Crippen LogP contribution in [-0.4, -0.2) is 11.0 Å². The van der Waals surface area contributed by atoms with Crippen molar-refractivity contribution in [1.82, 2.24) is 10.3 Å². The van der Waals surface area contributed by atoms with E-state index in [2.05, 4.69) is 24.1 Å². The first-order chi connectivity index (χ1) is 6.31. The molecule has 3 unspecified atom stereocenters. The number of rotatable bonds is 4. The smallest absolute Gasteiger partial charge is 0.109 e. The van der Waals surface area contributed by atoms with Gasteiger partial charge in [-0.15, -0.1) is 11.3 Å². The maximum absolute atomic E-state index is 4.30. The van der Waals surface area contributed by atoms with Crippen LogP contribution < -0.4 is 5.32 Å². The van der Waals surface area contributed by atoms with Crippen molar-refractivity contribution >= 4 is 11.3 Å². The molecule has 1 aromatic rings. The molecule has 3 heteroatoms. The van der Waals surface area contributed by atoms with Gasteiger partial charge in [0.15, 0.2) is 0 Å². The minimum Gasteiger partial charge on any atom is -0.305 e. The van der Waals surface area contributed by atoms with Gasteiger partial charge in [-0.25, -0.2) is 4.98 Å². The summed E-state index contributed by atoms with van der Waals surface area (Å²) in [5.74, 6) is 0.919. The molecule has 1 aromatic heterocycles. The number of hydrogen-bond acceptors (Lipinski definition) is 3. The van der Waals surface area contributed by atoms with Crippen LogP contribution in [0.4, 0.5) is 0 Å². The van der Waals surface area contributed by atoms with Gasteiger partial charge in [-0.2, -0.15) is 0 Å². The fourth-order valence-electron chi connectivity index (χ4n) is 1.74. The average molecular weight is 196 g/mol. The van der Waals surface area contributed by atoms with Gasteiger partial charge in [0.2, 0.25) is 0 Å². The van der Waals surface area contributed by atoms with E-state index in [-0.39, 0.29) is 0 Å². The number of aromatic nitrogens is 1. The lowest BCUT2D eigenvalue weighted by Gasteiger charge is -2.09. The Kier molecular flexibility index (Phi) is 2.65. The van der Waals surface area contributed by atoms with Crippen molar-refractivity contribution in [3.8, 4) is 0 Å². The van der Waals surface area contributed by atoms with E-state index >= 15 is 0 Å². The van der Waals surface area contributed by atoms with Crippen LogP contribution in [0.15, 0.2) is 11.6 Å². The zero-order chi connectivity index (χ0) is 9.26. The Morgan fingerprint density at radius 1 is 1.77 bits per heavy atom. The Morgan fingerprint density at radius 2 is 2.62 bits per heavy atom. The molecule has 13 heavy (non-hydrogen) atoms. The third-order valence-corrected chi connectivity index (χ3v) is 3.69. The van der Waals surface area contributed by atoms with Crippen LogP contribution in [0.25, 0.3) is 0 Å². The van der Waals surface area contributed by atoms with E-state index in [1.165, 1.54) is 17.8 Å². The van der Waals surface area contributed by atoms with Crippen LogP contribution in [0.2, 0.25) is 0 Å². The summed E-state index contributed by atoms with van der Waals surface area (Å²) in [5.41, 5.74) is 0. The molecule has 1 saturated carbocycles. The van der Waals surface area contributed by atoms with Gasteiger partial charge < -0.3 is 5.32 Å². The molecule has 0 aliphatic heterocycles. The van der Waals surface area contributed by atoms with Crippen LogP contribution in [0.3, 0.4) is 0 Å². The van der Waals surface area contributed by atoms with E-state index in [9.17, 15) is 0 Å². The van der Waals surface area contributed by atoms with Crippen molar-refractivity contribution < 1.29 is 0 Å². The maximum atomic E-state index is 4.30. The highest BCUT2D eigenvalue weighted by atomic mass is 32.1. The zero-order valence-electron chi connectivity index (χ0n) is 8.16. The fourth-order valence-corrected chi connectivity index (χ4v) is 2.40. The molecule has 0 spiro atoms. The van der Waals surface area contributed by atoms with E-state index in [0.717, 1.165) is 12.0 Å². The van der Waals surface area contributed by atoms with Crippen LogP contribution in [0.1, 0.15) is 37.7 Å². The zero-order valence-corrected chi connectivity index (χ0v) is 8.97. The van der Waals surface area contributed by atoms with Gasteiger partial charge in [-0.05, 0) is 19.3 Å². The maximum Gasteiger partial charge on any atom is 0.109 e. The van der Waals surface area contributed by atoms with Gasteiger partial charge in [0, 0.05) is 17.6 Å². The highest BCUT2D eigenvalue weighted by molar-refractivity contribution is 7.09. The molecule has 1 fully saturated rings. The molecule has 0 amide bonds. The number of thiazole rings is 1. The first kappa shape index (κ1) is 9.16. The summed E-state index contributed by atoms with van der Waals surface area (Å²) in [6.07, 6.45) is 4.54. The molecule has 1 aliphatic carbocycles. The number of nitrogens with zero attached hydrogens (tertiary/aromatic N) is 1. The quantitative estimate of drug-likeness (QED) is 0.800. The van der Waals surface area contributed by atoms with Crippen LogP contribution in [0.5, 0.6) is 0 Å². The third-order valence-electron chi connectivity index (χ3n) is 2.73. The van der Waals surface area contributed by atoms with Gasteiger partial charge in [0.25, 0.3) is 0 Å². The lowest BCUT2D eigenvalue weighted by atomic mass is 10.3. The summed E-state index contributed by atoms with van der Waals surface area (Å²) in [5, 5.41) is 6.85. The van der Waals surface area contributed by atoms with E-state index in [4.69, 9.17) is 0 Å². The fraction of sp³-hybridized carbons (Fsp3) is 0.700. The van der Waals surface area contributed by atoms with Gasteiger partial charge >= 0.3 is 0 Å². The predicted octanol–water partition coefficient (Wildman–Crippen LogP) is 2.59. The second-order valence-electron chi connectivity index (χ2n) is 3.77. The molecule has 1 aliphatic rings. The Bertz CT molecular complexity index is 258. The van der Waals surface area contributed by atoms with E-state index in [1.807, 2.05) is 11.6 Å². The van der Waals surface area contributed by atoms with Crippen molar-refractivity contribution in [2.24, 2.45) is 5.92 Å². The van der Waals surface area contributed by atoms with Gasteiger partial charge in [0.1, 0.15) is 5.01 Å². The molecule has 0 aromatic carbocycles. The van der Waals surface area contributed by atoms with Crippen molar-refractivity contribution in [3.63, 3.8) is 0 Å². The van der Waals surface area contributed by atoms with Gasteiger partial charge in [0.05, 0.1) is 6.04 Å². The van der Waals surface area contributed by atoms with Gasteiger partial charge in [-0.1, -0.05) is 13.3 Å². The summed E-state index contributed by atoms with van der Waals surface area (Å²) >= 11 is 1.74. The molecular formula is C10H16N2S. The molecule has 2 rings (SSSR count). The molecule has 0 bridgehead atoms. The van der Waals surface area contributed by atoms with Crippen molar-refractivity contribution in [2.75, 3.05) is 0 Å². The number of hydrogen-bond donors (Lipinski definition) is 1. The van der Waals surface area contributed by atoms with Crippen LogP contribution in [-0.2, 0) is 0 Å². The Balaban J connectivity index is 1.83. The van der Waals surface area contributed by atoms with Crippen molar-refractivity contribution in [2.45, 2.75) is 38.8 Å². The summed E-state index contributed by atoms with van der Waals surface area (Å²) in [7, 11) is 0. The second kappa shape index (κ2) is 3.76. The molecule has 3 atom stereocenters. The third kappa shape index (κ3) is 2.09. The van der Waals surface area contributed by atoms with Crippen molar-refractivity contribution in [1.29, 1.82) is 0 Å². The minimum absolute atomic E-state index is 0.432.